The lowest BCUT2D eigenvalue weighted by atomic mass is 9.94. The van der Waals surface area contributed by atoms with Gasteiger partial charge in [-0.25, -0.2) is 0 Å². The predicted molar refractivity (Wildman–Crippen MR) is 234 cm³/mol. The van der Waals surface area contributed by atoms with Crippen molar-refractivity contribution in [3.8, 4) is 33.8 Å². The van der Waals surface area contributed by atoms with Gasteiger partial charge in [-0.2, -0.15) is 9.78 Å². The molecule has 19 heteroatoms. The topological polar surface area (TPSA) is 238 Å². The molecule has 0 spiro atoms. The van der Waals surface area contributed by atoms with E-state index in [-0.39, 0.29) is 83.5 Å². The number of nitro benzene ring substituents is 2. The van der Waals surface area contributed by atoms with Gasteiger partial charge in [0.15, 0.2) is 11.5 Å². The molecule has 18 nitrogen and oxygen atoms in total. The van der Waals surface area contributed by atoms with Gasteiger partial charge in [0.1, 0.15) is 0 Å². The fraction of sp³-hybridized carbons (Fsp3) is 0.304. The molecular weight excluding hydrogens is 865 g/mol. The van der Waals surface area contributed by atoms with Gasteiger partial charge in [0, 0.05) is 62.3 Å². The summed E-state index contributed by atoms with van der Waals surface area (Å²) in [6.07, 6.45) is 7.65. The number of amides is 2. The Kier molecular flexibility index (Phi) is 13.2. The van der Waals surface area contributed by atoms with Crippen LogP contribution in [-0.2, 0) is 41.8 Å². The van der Waals surface area contributed by atoms with E-state index in [1.54, 1.807) is 48.5 Å². The number of carbonyl (C=O) groups is 4. The van der Waals surface area contributed by atoms with Crippen LogP contribution in [0.1, 0.15) is 47.9 Å². The van der Waals surface area contributed by atoms with Crippen LogP contribution in [0.25, 0.3) is 34.4 Å². The van der Waals surface area contributed by atoms with Gasteiger partial charge in [-0.1, -0.05) is 36.0 Å². The fourth-order valence-corrected chi connectivity index (χ4v) is 9.52. The van der Waals surface area contributed by atoms with Gasteiger partial charge in [-0.05, 0) is 96.5 Å². The summed E-state index contributed by atoms with van der Waals surface area (Å²) in [6, 6.07) is 16.1. The number of fused-ring (bicyclic) bond motifs is 2. The quantitative estimate of drug-likeness (QED) is 0.0610. The van der Waals surface area contributed by atoms with Gasteiger partial charge >= 0.3 is 11.9 Å². The highest BCUT2D eigenvalue weighted by Crippen LogP contribution is 2.49. The number of rotatable bonds is 12. The van der Waals surface area contributed by atoms with Crippen molar-refractivity contribution in [3.63, 3.8) is 0 Å². The first-order chi connectivity index (χ1) is 31.4. The van der Waals surface area contributed by atoms with Crippen molar-refractivity contribution in [3.05, 3.63) is 115 Å². The number of aliphatic carboxylic acids is 2. The summed E-state index contributed by atoms with van der Waals surface area (Å²) in [5.41, 5.74) is 2.47. The van der Waals surface area contributed by atoms with Crippen molar-refractivity contribution in [1.82, 2.24) is 9.80 Å². The number of carbonyl (C=O) groups excluding carboxylic acids is 2. The standard InChI is InChI=1S/C46H42N4O14S/c51-39(47-19-13-29(14-20-47)45(53)54)11-5-27-3-9-37(43(49(57)58)41(27)33-1-7-35-31(25-33)17-23-61-63-35)65-38-10-4-28(6-12-40(52)48-21-15-30(16-22-48)46(55)56)42(44(38)50(59)60)34-2-8-36-32(26-34)18-24-62-64-36/h1-12,25-26,29-30H,13-24H2,(H,53,54)(H,55,56)/b11-5+,12-6+. The highest BCUT2D eigenvalue weighted by Gasteiger charge is 2.32. The van der Waals surface area contributed by atoms with Crippen molar-refractivity contribution in [1.29, 1.82) is 0 Å². The van der Waals surface area contributed by atoms with E-state index in [4.69, 9.17) is 19.6 Å². The Morgan fingerprint density at radius 3 is 1.38 bits per heavy atom. The Balaban J connectivity index is 1.21. The fourth-order valence-electron chi connectivity index (χ4n) is 8.47. The van der Waals surface area contributed by atoms with Crippen molar-refractivity contribution in [2.24, 2.45) is 11.8 Å². The second kappa shape index (κ2) is 19.3. The van der Waals surface area contributed by atoms with Crippen LogP contribution in [0.3, 0.4) is 0 Å². The minimum absolute atomic E-state index is 0.0646. The molecule has 4 aromatic rings. The Bertz CT molecular complexity index is 2470. The molecule has 2 N–H and O–H groups in total. The number of carboxylic acid groups (broad SMARTS) is 2. The maximum atomic E-state index is 13.4. The van der Waals surface area contributed by atoms with Crippen LogP contribution in [0, 0.1) is 32.1 Å². The van der Waals surface area contributed by atoms with Gasteiger partial charge in [0.2, 0.25) is 11.8 Å². The van der Waals surface area contributed by atoms with Gasteiger partial charge < -0.3 is 29.8 Å². The largest absolute Gasteiger partial charge is 0.481 e. The van der Waals surface area contributed by atoms with Crippen LogP contribution in [0.5, 0.6) is 11.5 Å². The van der Waals surface area contributed by atoms with Crippen molar-refractivity contribution in [2.45, 2.75) is 48.3 Å². The molecule has 4 aliphatic rings. The molecule has 0 radical (unpaired) electrons. The van der Waals surface area contributed by atoms with Crippen LogP contribution in [-0.4, -0.2) is 93.0 Å². The lowest BCUT2D eigenvalue weighted by molar-refractivity contribution is -0.387. The molecule has 4 aromatic carbocycles. The molecular formula is C46H42N4O14S. The summed E-state index contributed by atoms with van der Waals surface area (Å²) in [7, 11) is 0. The smallest absolute Gasteiger partial charge is 0.306 e. The Labute approximate surface area is 375 Å². The summed E-state index contributed by atoms with van der Waals surface area (Å²) in [4.78, 5) is 99.3. The van der Waals surface area contributed by atoms with Crippen molar-refractivity contribution < 1.29 is 58.8 Å². The molecule has 4 heterocycles. The number of hydrogen-bond acceptors (Lipinski definition) is 13. The molecule has 4 aliphatic heterocycles. The summed E-state index contributed by atoms with van der Waals surface area (Å²) in [5, 5.41) is 45.5. The average molecular weight is 907 g/mol. The molecule has 336 valence electrons. The lowest BCUT2D eigenvalue weighted by Crippen LogP contribution is -2.39. The SMILES string of the molecule is O=C(O)C1CCN(C(=O)/C=C/c2ccc(Sc3ccc(/C=C/C(=O)N4CCC(C(=O)O)CC4)c(-c4ccc5c(c4)CCOO5)c3[N+](=O)[O-])c([N+](=O)[O-])c2-c2ccc3c(c2)CCOO3)CC1. The van der Waals surface area contributed by atoms with Crippen molar-refractivity contribution in [2.75, 3.05) is 39.4 Å². The number of hydrogen-bond donors (Lipinski definition) is 2. The van der Waals surface area contributed by atoms with Crippen LogP contribution in [0.2, 0.25) is 0 Å². The highest BCUT2D eigenvalue weighted by atomic mass is 32.2. The second-order valence-corrected chi connectivity index (χ2v) is 17.0. The van der Waals surface area contributed by atoms with E-state index in [0.29, 0.717) is 72.3 Å². The Morgan fingerprint density at radius 1 is 0.615 bits per heavy atom. The molecule has 0 atom stereocenters. The van der Waals surface area contributed by atoms with E-state index >= 15 is 0 Å². The monoisotopic (exact) mass is 906 g/mol. The molecule has 65 heavy (non-hydrogen) atoms. The van der Waals surface area contributed by atoms with E-state index < -0.39 is 33.6 Å². The molecule has 8 rings (SSSR count). The first-order valence-electron chi connectivity index (χ1n) is 20.9. The average Bonchev–Trinajstić information content (AvgIpc) is 3.32. The van der Waals surface area contributed by atoms with Gasteiger partial charge in [-0.3, -0.25) is 39.4 Å². The second-order valence-electron chi connectivity index (χ2n) is 15.9. The number of piperidine rings is 2. The summed E-state index contributed by atoms with van der Waals surface area (Å²) in [6.45, 7) is 1.45. The summed E-state index contributed by atoms with van der Waals surface area (Å²) >= 11 is 0.822. The van der Waals surface area contributed by atoms with Crippen LogP contribution < -0.4 is 9.78 Å². The third-order valence-electron chi connectivity index (χ3n) is 12.0. The van der Waals surface area contributed by atoms with Gasteiger partial charge in [0.05, 0.1) is 55.8 Å². The molecule has 0 saturated carbocycles. The zero-order chi connectivity index (χ0) is 45.8. The maximum absolute atomic E-state index is 13.4. The van der Waals surface area contributed by atoms with Gasteiger partial charge in [-0.15, -0.1) is 0 Å². The maximum Gasteiger partial charge on any atom is 0.306 e. The van der Waals surface area contributed by atoms with Gasteiger partial charge in [0.25, 0.3) is 11.4 Å². The summed E-state index contributed by atoms with van der Waals surface area (Å²) < 4.78 is 0. The summed E-state index contributed by atoms with van der Waals surface area (Å²) in [5.74, 6) is -2.83. The molecule has 2 amide bonds. The van der Waals surface area contributed by atoms with E-state index in [1.807, 2.05) is 0 Å². The molecule has 0 aliphatic carbocycles. The Morgan fingerprint density at radius 2 is 1.02 bits per heavy atom. The third-order valence-corrected chi connectivity index (χ3v) is 13.1. The molecule has 2 saturated heterocycles. The first-order valence-corrected chi connectivity index (χ1v) is 21.7. The number of benzene rings is 4. The zero-order valence-electron chi connectivity index (χ0n) is 34.7. The third kappa shape index (κ3) is 9.71. The zero-order valence-corrected chi connectivity index (χ0v) is 35.5. The minimum Gasteiger partial charge on any atom is -0.481 e. The minimum atomic E-state index is -0.914. The van der Waals surface area contributed by atoms with E-state index in [2.05, 4.69) is 0 Å². The molecule has 0 aromatic heterocycles. The van der Waals surface area contributed by atoms with E-state index in [0.717, 1.165) is 22.9 Å². The normalized spacial score (nSPS) is 16.7. The van der Waals surface area contributed by atoms with E-state index in [9.17, 15) is 49.6 Å². The molecule has 2 fully saturated rings. The first kappa shape index (κ1) is 44.5. The van der Waals surface area contributed by atoms with Crippen LogP contribution >= 0.6 is 11.8 Å². The number of nitro groups is 2. The van der Waals surface area contributed by atoms with Crippen LogP contribution in [0.15, 0.2) is 82.6 Å². The molecule has 0 unspecified atom stereocenters. The Hall–Kier alpha value is -7.09. The molecule has 0 bridgehead atoms. The lowest BCUT2D eigenvalue weighted by Gasteiger charge is -2.29. The highest BCUT2D eigenvalue weighted by molar-refractivity contribution is 7.99. The number of carboxylic acids is 2. The van der Waals surface area contributed by atoms with Crippen LogP contribution in [0.4, 0.5) is 11.4 Å². The number of nitrogens with zero attached hydrogens (tertiary/aromatic N) is 4. The van der Waals surface area contributed by atoms with Crippen molar-refractivity contribution >= 4 is 59.0 Å². The predicted octanol–water partition coefficient (Wildman–Crippen LogP) is 7.39. The van der Waals surface area contributed by atoms with E-state index in [1.165, 1.54) is 46.2 Å². The number of likely N-dealkylation sites (tertiary alicyclic amines) is 2.